The van der Waals surface area contributed by atoms with Crippen molar-refractivity contribution in [3.63, 3.8) is 0 Å². The minimum absolute atomic E-state index is 0.200. The highest BCUT2D eigenvalue weighted by atomic mass is 32.2. The van der Waals surface area contributed by atoms with Crippen LogP contribution < -0.4 is 0 Å². The normalized spacial score (nSPS) is 12.7. The predicted octanol–water partition coefficient (Wildman–Crippen LogP) is 3.60. The van der Waals surface area contributed by atoms with Crippen molar-refractivity contribution in [3.05, 3.63) is 24.4 Å². The third-order valence-corrected chi connectivity index (χ3v) is 3.88. The molecule has 0 fully saturated rings. The zero-order chi connectivity index (χ0) is 17.0. The van der Waals surface area contributed by atoms with E-state index < -0.39 is 11.9 Å². The first kappa shape index (κ1) is 20.8. The fourth-order valence-electron chi connectivity index (χ4n) is 1.34. The molecule has 22 heavy (non-hydrogen) atoms. The molecule has 1 rings (SSSR count). The van der Waals surface area contributed by atoms with Gasteiger partial charge in [0.2, 0.25) is 0 Å². The van der Waals surface area contributed by atoms with Gasteiger partial charge in [0.15, 0.2) is 0 Å². The number of aromatic nitrogens is 1. The Morgan fingerprint density at radius 1 is 1.18 bits per heavy atom. The third kappa shape index (κ3) is 13.8. The van der Waals surface area contributed by atoms with Crippen LogP contribution in [0.4, 0.5) is 0 Å². The van der Waals surface area contributed by atoms with Crippen molar-refractivity contribution in [1.82, 2.24) is 4.98 Å². The lowest BCUT2D eigenvalue weighted by Gasteiger charge is -2.07. The van der Waals surface area contributed by atoms with Crippen molar-refractivity contribution in [3.8, 4) is 0 Å². The number of rotatable bonds is 8. The Kier molecular flexibility index (Phi) is 11.7. The molecule has 2 atom stereocenters. The quantitative estimate of drug-likeness (QED) is 0.493. The SMILES string of the molecule is CC(CCC(=O)O)Sc1ccccn1.CC(S)CCC(=O)O. The fourth-order valence-corrected chi connectivity index (χ4v) is 2.40. The first-order chi connectivity index (χ1) is 10.3. The van der Waals surface area contributed by atoms with Gasteiger partial charge in [0.25, 0.3) is 0 Å². The molecule has 0 spiro atoms. The first-order valence-corrected chi connectivity index (χ1v) is 8.40. The average Bonchev–Trinajstić information content (AvgIpc) is 2.45. The lowest BCUT2D eigenvalue weighted by Crippen LogP contribution is -2.02. The van der Waals surface area contributed by atoms with Crippen LogP contribution in [0.3, 0.4) is 0 Å². The fraction of sp³-hybridized carbons (Fsp3) is 0.533. The molecule has 0 aliphatic heterocycles. The summed E-state index contributed by atoms with van der Waals surface area (Å²) in [5.74, 6) is -1.48. The highest BCUT2D eigenvalue weighted by Crippen LogP contribution is 2.23. The number of hydrogen-bond donors (Lipinski definition) is 3. The van der Waals surface area contributed by atoms with E-state index in [1.807, 2.05) is 32.0 Å². The van der Waals surface area contributed by atoms with Crippen LogP contribution in [-0.4, -0.2) is 37.6 Å². The number of carboxylic acid groups (broad SMARTS) is 2. The molecule has 0 aliphatic rings. The van der Waals surface area contributed by atoms with Crippen LogP contribution in [0.25, 0.3) is 0 Å². The van der Waals surface area contributed by atoms with Crippen LogP contribution in [0.15, 0.2) is 29.4 Å². The maximum Gasteiger partial charge on any atom is 0.303 e. The minimum atomic E-state index is -0.745. The first-order valence-electron chi connectivity index (χ1n) is 7.00. The Bertz CT molecular complexity index is 440. The molecule has 2 N–H and O–H groups in total. The topological polar surface area (TPSA) is 87.5 Å². The molecule has 5 nitrogen and oxygen atoms in total. The molecule has 0 aromatic carbocycles. The van der Waals surface area contributed by atoms with Crippen molar-refractivity contribution >= 4 is 36.3 Å². The number of carbonyl (C=O) groups is 2. The Labute approximate surface area is 140 Å². The van der Waals surface area contributed by atoms with E-state index in [1.54, 1.807) is 18.0 Å². The highest BCUT2D eigenvalue weighted by molar-refractivity contribution is 7.99. The second-order valence-corrected chi connectivity index (χ2v) is 7.15. The van der Waals surface area contributed by atoms with Gasteiger partial charge < -0.3 is 10.2 Å². The molecule has 0 aliphatic carbocycles. The third-order valence-electron chi connectivity index (χ3n) is 2.50. The van der Waals surface area contributed by atoms with Gasteiger partial charge in [-0.05, 0) is 30.2 Å². The summed E-state index contributed by atoms with van der Waals surface area (Å²) in [5, 5.41) is 18.1. The maximum absolute atomic E-state index is 10.3. The number of pyridine rings is 1. The summed E-state index contributed by atoms with van der Waals surface area (Å²) in [6.07, 6.45) is 3.52. The molecule has 0 saturated carbocycles. The van der Waals surface area contributed by atoms with Crippen molar-refractivity contribution in [1.29, 1.82) is 0 Å². The van der Waals surface area contributed by atoms with E-state index in [0.717, 1.165) is 5.03 Å². The number of carboxylic acids is 2. The summed E-state index contributed by atoms with van der Waals surface area (Å²) in [6, 6.07) is 5.73. The molecule has 2 unspecified atom stereocenters. The second kappa shape index (κ2) is 12.3. The molecule has 0 radical (unpaired) electrons. The predicted molar refractivity (Wildman–Crippen MR) is 91.7 cm³/mol. The molecule has 1 heterocycles. The zero-order valence-electron chi connectivity index (χ0n) is 12.8. The lowest BCUT2D eigenvalue weighted by atomic mass is 10.2. The molecule has 0 bridgehead atoms. The molecule has 1 aromatic rings. The van der Waals surface area contributed by atoms with Crippen LogP contribution in [0.2, 0.25) is 0 Å². The average molecular weight is 345 g/mol. The van der Waals surface area contributed by atoms with E-state index in [1.165, 1.54) is 0 Å². The molecular formula is C15H23NO4S2. The van der Waals surface area contributed by atoms with Gasteiger partial charge in [0, 0.05) is 24.3 Å². The number of hydrogen-bond acceptors (Lipinski definition) is 5. The summed E-state index contributed by atoms with van der Waals surface area (Å²) in [4.78, 5) is 24.4. The number of aliphatic carboxylic acids is 2. The van der Waals surface area contributed by atoms with Gasteiger partial charge in [-0.25, -0.2) is 4.98 Å². The van der Waals surface area contributed by atoms with E-state index in [0.29, 0.717) is 18.1 Å². The van der Waals surface area contributed by atoms with Crippen LogP contribution in [-0.2, 0) is 9.59 Å². The van der Waals surface area contributed by atoms with Crippen LogP contribution in [0.5, 0.6) is 0 Å². The van der Waals surface area contributed by atoms with Crippen LogP contribution in [0.1, 0.15) is 39.5 Å². The van der Waals surface area contributed by atoms with Crippen LogP contribution in [0, 0.1) is 0 Å². The van der Waals surface area contributed by atoms with Gasteiger partial charge in [-0.2, -0.15) is 12.6 Å². The van der Waals surface area contributed by atoms with Gasteiger partial charge in [-0.15, -0.1) is 11.8 Å². The van der Waals surface area contributed by atoms with Gasteiger partial charge in [0.1, 0.15) is 0 Å². The zero-order valence-corrected chi connectivity index (χ0v) is 14.5. The summed E-state index contributed by atoms with van der Waals surface area (Å²) in [5.41, 5.74) is 0. The standard InChI is InChI=1S/C10H13NO2S.C5H10O2S/c1-8(5-6-10(12)13)14-9-4-2-3-7-11-9;1-4(8)2-3-5(6)7/h2-4,7-8H,5-6H2,1H3,(H,12,13);4,8H,2-3H2,1H3,(H,6,7). The Balaban J connectivity index is 0.000000472. The van der Waals surface area contributed by atoms with Crippen molar-refractivity contribution in [2.45, 2.75) is 55.1 Å². The van der Waals surface area contributed by atoms with Gasteiger partial charge in [-0.1, -0.05) is 19.9 Å². The van der Waals surface area contributed by atoms with E-state index in [9.17, 15) is 9.59 Å². The Hall–Kier alpha value is -1.21. The van der Waals surface area contributed by atoms with Crippen molar-refractivity contribution < 1.29 is 19.8 Å². The van der Waals surface area contributed by atoms with Gasteiger partial charge >= 0.3 is 11.9 Å². The molecule has 0 saturated heterocycles. The number of thioether (sulfide) groups is 1. The maximum atomic E-state index is 10.3. The second-order valence-electron chi connectivity index (χ2n) is 4.81. The van der Waals surface area contributed by atoms with E-state index in [-0.39, 0.29) is 18.1 Å². The summed E-state index contributed by atoms with van der Waals surface area (Å²) >= 11 is 5.62. The number of nitrogens with zero attached hydrogens (tertiary/aromatic N) is 1. The van der Waals surface area contributed by atoms with Crippen molar-refractivity contribution in [2.24, 2.45) is 0 Å². The molecular weight excluding hydrogens is 322 g/mol. The lowest BCUT2D eigenvalue weighted by molar-refractivity contribution is -0.138. The number of thiol groups is 1. The van der Waals surface area contributed by atoms with Gasteiger partial charge in [0.05, 0.1) is 5.03 Å². The Morgan fingerprint density at radius 2 is 1.77 bits per heavy atom. The Morgan fingerprint density at radius 3 is 2.18 bits per heavy atom. The minimum Gasteiger partial charge on any atom is -0.481 e. The molecule has 7 heteroatoms. The summed E-state index contributed by atoms with van der Waals surface area (Å²) in [6.45, 7) is 3.90. The summed E-state index contributed by atoms with van der Waals surface area (Å²) in [7, 11) is 0. The molecule has 0 amide bonds. The largest absolute Gasteiger partial charge is 0.481 e. The van der Waals surface area contributed by atoms with Gasteiger partial charge in [-0.3, -0.25) is 9.59 Å². The highest BCUT2D eigenvalue weighted by Gasteiger charge is 2.07. The van der Waals surface area contributed by atoms with E-state index in [4.69, 9.17) is 10.2 Å². The molecule has 1 aromatic heterocycles. The van der Waals surface area contributed by atoms with E-state index in [2.05, 4.69) is 17.6 Å². The van der Waals surface area contributed by atoms with E-state index >= 15 is 0 Å². The summed E-state index contributed by atoms with van der Waals surface area (Å²) < 4.78 is 0. The molecule has 124 valence electrons. The smallest absolute Gasteiger partial charge is 0.303 e. The monoisotopic (exact) mass is 345 g/mol. The van der Waals surface area contributed by atoms with Crippen LogP contribution >= 0.6 is 24.4 Å². The van der Waals surface area contributed by atoms with Crippen molar-refractivity contribution in [2.75, 3.05) is 0 Å².